The Bertz CT molecular complexity index is 934. The molecule has 1 atom stereocenters. The fourth-order valence-corrected chi connectivity index (χ4v) is 4.06. The minimum absolute atomic E-state index is 0.0425. The average Bonchev–Trinajstić information content (AvgIpc) is 2.93. The van der Waals surface area contributed by atoms with Gasteiger partial charge in [0.05, 0.1) is 6.61 Å². The van der Waals surface area contributed by atoms with E-state index in [1.165, 1.54) is 5.56 Å². The number of fused-ring (bicyclic) bond motifs is 1. The number of aliphatic hydroxyl groups excluding tert-OH is 1. The predicted molar refractivity (Wildman–Crippen MR) is 102 cm³/mol. The molecule has 0 saturated heterocycles. The first-order valence-electron chi connectivity index (χ1n) is 8.84. The van der Waals surface area contributed by atoms with E-state index in [0.717, 1.165) is 16.7 Å². The van der Waals surface area contributed by atoms with Gasteiger partial charge in [-0.1, -0.05) is 78.4 Å². The molecule has 1 aliphatic heterocycles. The summed E-state index contributed by atoms with van der Waals surface area (Å²) in [5.74, 6) is -0.0425. The number of amides is 1. The largest absolute Gasteiger partial charge is 0.395 e. The van der Waals surface area contributed by atoms with E-state index in [0.29, 0.717) is 5.56 Å². The van der Waals surface area contributed by atoms with Gasteiger partial charge in [0.15, 0.2) is 0 Å². The van der Waals surface area contributed by atoms with Gasteiger partial charge in [-0.25, -0.2) is 0 Å². The van der Waals surface area contributed by atoms with E-state index in [1.807, 2.05) is 42.5 Å². The Kier molecular flexibility index (Phi) is 4.09. The van der Waals surface area contributed by atoms with Gasteiger partial charge in [0.1, 0.15) is 5.54 Å². The third-order valence-electron chi connectivity index (χ3n) is 5.18. The monoisotopic (exact) mass is 343 g/mol. The molecule has 1 N–H and O–H groups in total. The zero-order valence-corrected chi connectivity index (χ0v) is 14.7. The van der Waals surface area contributed by atoms with Crippen molar-refractivity contribution in [1.82, 2.24) is 4.90 Å². The number of rotatable bonds is 4. The van der Waals surface area contributed by atoms with Crippen LogP contribution in [0.15, 0.2) is 78.9 Å². The second kappa shape index (κ2) is 6.43. The molecule has 1 heterocycles. The molecular formula is C23H21NO2. The Hall–Kier alpha value is -2.91. The molecule has 0 aromatic heterocycles. The first-order chi connectivity index (χ1) is 12.7. The summed E-state index contributed by atoms with van der Waals surface area (Å²) in [4.78, 5) is 15.0. The van der Waals surface area contributed by atoms with Gasteiger partial charge in [-0.05, 0) is 29.7 Å². The summed E-state index contributed by atoms with van der Waals surface area (Å²) < 4.78 is 0. The number of nitrogens with zero attached hydrogens (tertiary/aromatic N) is 1. The molecule has 3 heteroatoms. The maximum atomic E-state index is 13.2. The zero-order valence-electron chi connectivity index (χ0n) is 14.7. The lowest BCUT2D eigenvalue weighted by atomic mass is 9.77. The molecule has 1 unspecified atom stereocenters. The second-order valence-corrected chi connectivity index (χ2v) is 6.67. The zero-order chi connectivity index (χ0) is 18.1. The van der Waals surface area contributed by atoms with Crippen molar-refractivity contribution in [2.24, 2.45) is 0 Å². The van der Waals surface area contributed by atoms with Gasteiger partial charge in [0.2, 0.25) is 0 Å². The van der Waals surface area contributed by atoms with Crippen LogP contribution in [0.25, 0.3) is 0 Å². The second-order valence-electron chi connectivity index (χ2n) is 6.67. The third kappa shape index (κ3) is 2.28. The van der Waals surface area contributed by atoms with Crippen LogP contribution in [0.5, 0.6) is 0 Å². The number of hydrogen-bond donors (Lipinski definition) is 1. The van der Waals surface area contributed by atoms with Crippen molar-refractivity contribution < 1.29 is 9.90 Å². The molecular weight excluding hydrogens is 322 g/mol. The topological polar surface area (TPSA) is 40.5 Å². The lowest BCUT2D eigenvalue weighted by molar-refractivity contribution is 0.0628. The number of carbonyl (C=O) groups is 1. The summed E-state index contributed by atoms with van der Waals surface area (Å²) in [7, 11) is 0. The van der Waals surface area contributed by atoms with Crippen molar-refractivity contribution in [1.29, 1.82) is 0 Å². The van der Waals surface area contributed by atoms with Crippen LogP contribution in [0.4, 0.5) is 0 Å². The normalized spacial score (nSPS) is 18.8. The van der Waals surface area contributed by atoms with Crippen LogP contribution >= 0.6 is 0 Å². The molecule has 3 aromatic carbocycles. The van der Waals surface area contributed by atoms with E-state index in [2.05, 4.69) is 43.3 Å². The van der Waals surface area contributed by atoms with Gasteiger partial charge in [0, 0.05) is 12.1 Å². The van der Waals surface area contributed by atoms with Crippen LogP contribution in [-0.2, 0) is 5.54 Å². The lowest BCUT2D eigenvalue weighted by Gasteiger charge is -2.40. The summed E-state index contributed by atoms with van der Waals surface area (Å²) in [5, 5.41) is 9.70. The Morgan fingerprint density at radius 1 is 0.846 bits per heavy atom. The fraction of sp³-hybridized carbons (Fsp3) is 0.174. The number of β-amino-alcohol motifs (C(OH)–C–C–N with tert-alkyl or cyclic N) is 1. The molecule has 0 spiro atoms. The molecule has 0 fully saturated rings. The highest BCUT2D eigenvalue weighted by Crippen LogP contribution is 2.48. The minimum Gasteiger partial charge on any atom is -0.395 e. The van der Waals surface area contributed by atoms with Crippen molar-refractivity contribution in [2.45, 2.75) is 12.5 Å². The van der Waals surface area contributed by atoms with E-state index >= 15 is 0 Å². The predicted octanol–water partition coefficient (Wildman–Crippen LogP) is 3.74. The minimum atomic E-state index is -0.731. The SMILES string of the molecule is Cc1ccc(C2(c3ccccc3)c3ccccc3C(=O)N2CCO)cc1. The van der Waals surface area contributed by atoms with Crippen LogP contribution in [0.2, 0.25) is 0 Å². The van der Waals surface area contributed by atoms with Crippen LogP contribution in [0.3, 0.4) is 0 Å². The molecule has 0 aliphatic carbocycles. The maximum absolute atomic E-state index is 13.2. The summed E-state index contributed by atoms with van der Waals surface area (Å²) in [5.41, 5.74) is 4.16. The van der Waals surface area contributed by atoms with Crippen molar-refractivity contribution in [2.75, 3.05) is 13.2 Å². The lowest BCUT2D eigenvalue weighted by Crippen LogP contribution is -2.47. The molecule has 1 amide bonds. The molecule has 3 nitrogen and oxygen atoms in total. The summed E-state index contributed by atoms with van der Waals surface area (Å²) >= 11 is 0. The van der Waals surface area contributed by atoms with E-state index in [-0.39, 0.29) is 19.1 Å². The molecule has 0 radical (unpaired) electrons. The molecule has 0 saturated carbocycles. The van der Waals surface area contributed by atoms with Crippen LogP contribution in [0, 0.1) is 6.92 Å². The Labute approximate surface area is 153 Å². The standard InChI is InChI=1S/C23H21NO2/c1-17-11-13-19(14-12-17)23(18-7-3-2-4-8-18)21-10-6-5-9-20(21)22(26)24(23)15-16-25/h2-14,25H,15-16H2,1H3. The van der Waals surface area contributed by atoms with Gasteiger partial charge in [-0.3, -0.25) is 4.79 Å². The molecule has 4 rings (SSSR count). The quantitative estimate of drug-likeness (QED) is 0.784. The number of hydrogen-bond acceptors (Lipinski definition) is 2. The molecule has 26 heavy (non-hydrogen) atoms. The third-order valence-corrected chi connectivity index (χ3v) is 5.18. The number of aryl methyl sites for hydroxylation is 1. The summed E-state index contributed by atoms with van der Waals surface area (Å²) in [6.45, 7) is 2.24. The number of aliphatic hydroxyl groups is 1. The van der Waals surface area contributed by atoms with Crippen LogP contribution in [0.1, 0.15) is 32.6 Å². The van der Waals surface area contributed by atoms with Gasteiger partial charge in [0.25, 0.3) is 5.91 Å². The molecule has 3 aromatic rings. The maximum Gasteiger partial charge on any atom is 0.255 e. The van der Waals surface area contributed by atoms with Crippen LogP contribution < -0.4 is 0 Å². The highest BCUT2D eigenvalue weighted by Gasteiger charge is 2.51. The van der Waals surface area contributed by atoms with Gasteiger partial charge in [-0.2, -0.15) is 0 Å². The number of carbonyl (C=O) groups excluding carboxylic acids is 1. The first-order valence-corrected chi connectivity index (χ1v) is 8.84. The van der Waals surface area contributed by atoms with E-state index in [4.69, 9.17) is 0 Å². The highest BCUT2D eigenvalue weighted by atomic mass is 16.3. The highest BCUT2D eigenvalue weighted by molar-refractivity contribution is 6.01. The van der Waals surface area contributed by atoms with E-state index < -0.39 is 5.54 Å². The molecule has 1 aliphatic rings. The molecule has 130 valence electrons. The van der Waals surface area contributed by atoms with Crippen molar-refractivity contribution in [3.63, 3.8) is 0 Å². The van der Waals surface area contributed by atoms with E-state index in [9.17, 15) is 9.90 Å². The molecule has 0 bridgehead atoms. The Morgan fingerprint density at radius 2 is 1.46 bits per heavy atom. The fourth-order valence-electron chi connectivity index (χ4n) is 4.06. The van der Waals surface area contributed by atoms with Crippen molar-refractivity contribution >= 4 is 5.91 Å². The van der Waals surface area contributed by atoms with Gasteiger partial charge >= 0.3 is 0 Å². The van der Waals surface area contributed by atoms with Gasteiger partial charge in [-0.15, -0.1) is 0 Å². The average molecular weight is 343 g/mol. The smallest absolute Gasteiger partial charge is 0.255 e. The van der Waals surface area contributed by atoms with Gasteiger partial charge < -0.3 is 10.0 Å². The number of benzene rings is 3. The van der Waals surface area contributed by atoms with Crippen molar-refractivity contribution in [3.05, 3.63) is 107 Å². The summed E-state index contributed by atoms with van der Waals surface area (Å²) in [6.07, 6.45) is 0. The van der Waals surface area contributed by atoms with Crippen molar-refractivity contribution in [3.8, 4) is 0 Å². The summed E-state index contributed by atoms with van der Waals surface area (Å²) in [6, 6.07) is 26.2. The van der Waals surface area contributed by atoms with E-state index in [1.54, 1.807) is 4.90 Å². The van der Waals surface area contributed by atoms with Crippen LogP contribution in [-0.4, -0.2) is 29.1 Å². The Morgan fingerprint density at radius 3 is 2.15 bits per heavy atom. The Balaban J connectivity index is 2.09. The first kappa shape index (κ1) is 16.6.